The van der Waals surface area contributed by atoms with E-state index in [0.717, 1.165) is 31.5 Å². The molecule has 0 radical (unpaired) electrons. The van der Waals surface area contributed by atoms with Gasteiger partial charge in [0.05, 0.1) is 11.7 Å². The predicted octanol–water partition coefficient (Wildman–Crippen LogP) is 2.71. The molecule has 2 N–H and O–H groups in total. The predicted molar refractivity (Wildman–Crippen MR) is 86.8 cm³/mol. The molecule has 1 fully saturated rings. The molecule has 1 aliphatic rings. The van der Waals surface area contributed by atoms with Crippen LogP contribution in [0.1, 0.15) is 37.8 Å². The van der Waals surface area contributed by atoms with Gasteiger partial charge in [-0.15, -0.1) is 0 Å². The number of hydrogen-bond acceptors (Lipinski definition) is 3. The van der Waals surface area contributed by atoms with Gasteiger partial charge in [-0.25, -0.2) is 0 Å². The maximum absolute atomic E-state index is 6.04. The molecule has 0 aromatic heterocycles. The van der Waals surface area contributed by atoms with Crippen molar-refractivity contribution in [2.75, 3.05) is 13.6 Å². The number of rotatable bonds is 5. The van der Waals surface area contributed by atoms with Crippen LogP contribution < -0.4 is 5.73 Å². The van der Waals surface area contributed by atoms with E-state index in [4.69, 9.17) is 22.7 Å². The lowest BCUT2D eigenvalue weighted by molar-refractivity contribution is -0.0267. The molecule has 1 heterocycles. The first-order valence-electron chi connectivity index (χ1n) is 7.11. The van der Waals surface area contributed by atoms with Gasteiger partial charge in [-0.3, -0.25) is 4.90 Å². The van der Waals surface area contributed by atoms with Gasteiger partial charge in [-0.05, 0) is 45.4 Å². The van der Waals surface area contributed by atoms with Crippen molar-refractivity contribution in [2.45, 2.75) is 44.9 Å². The monoisotopic (exact) mass is 292 g/mol. The Bertz CT molecular complexity index is 487. The highest BCUT2D eigenvalue weighted by atomic mass is 32.1. The van der Waals surface area contributed by atoms with Crippen LogP contribution in [-0.4, -0.2) is 35.2 Å². The minimum atomic E-state index is 0.0388. The van der Waals surface area contributed by atoms with Crippen LogP contribution in [0.25, 0.3) is 0 Å². The van der Waals surface area contributed by atoms with Crippen LogP contribution in [0.5, 0.6) is 0 Å². The lowest BCUT2D eigenvalue weighted by Gasteiger charge is -2.24. The Balaban J connectivity index is 1.90. The van der Waals surface area contributed by atoms with Crippen LogP contribution in [0.4, 0.5) is 0 Å². The van der Waals surface area contributed by atoms with Crippen LogP contribution in [0.3, 0.4) is 0 Å². The standard InChI is InChI=1S/C16H24N2OS/c1-16(2)8-7-14(19-16)11-18(3)10-12-5-4-6-13(9-12)15(17)20/h4-6,9,14H,7-8,10-11H2,1-3H3,(H2,17,20). The summed E-state index contributed by atoms with van der Waals surface area (Å²) in [7, 11) is 2.13. The van der Waals surface area contributed by atoms with Crippen LogP contribution in [0.2, 0.25) is 0 Å². The van der Waals surface area contributed by atoms with Crippen molar-refractivity contribution in [2.24, 2.45) is 5.73 Å². The highest BCUT2D eigenvalue weighted by molar-refractivity contribution is 7.80. The molecule has 0 spiro atoms. The summed E-state index contributed by atoms with van der Waals surface area (Å²) >= 11 is 5.02. The smallest absolute Gasteiger partial charge is 0.103 e. The molecule has 0 bridgehead atoms. The quantitative estimate of drug-likeness (QED) is 0.847. The molecule has 1 aromatic carbocycles. The summed E-state index contributed by atoms with van der Waals surface area (Å²) in [5.74, 6) is 0. The zero-order valence-corrected chi connectivity index (χ0v) is 13.4. The maximum atomic E-state index is 6.04. The second-order valence-corrected chi connectivity index (χ2v) is 6.74. The molecule has 1 aliphatic heterocycles. The molecule has 0 aliphatic carbocycles. The Morgan fingerprint density at radius 2 is 2.25 bits per heavy atom. The van der Waals surface area contributed by atoms with Gasteiger partial charge in [0.15, 0.2) is 0 Å². The molecule has 1 atom stereocenters. The van der Waals surface area contributed by atoms with Gasteiger partial charge >= 0.3 is 0 Å². The van der Waals surface area contributed by atoms with Crippen LogP contribution in [0.15, 0.2) is 24.3 Å². The summed E-state index contributed by atoms with van der Waals surface area (Å²) in [4.78, 5) is 2.75. The molecule has 4 heteroatoms. The Morgan fingerprint density at radius 1 is 1.50 bits per heavy atom. The first kappa shape index (κ1) is 15.4. The summed E-state index contributed by atoms with van der Waals surface area (Å²) in [6.45, 7) is 6.18. The SMILES string of the molecule is CN(Cc1cccc(C(N)=S)c1)CC1CCC(C)(C)O1. The van der Waals surface area contributed by atoms with Crippen LogP contribution in [0, 0.1) is 0 Å². The molecule has 3 nitrogen and oxygen atoms in total. The lowest BCUT2D eigenvalue weighted by atomic mass is 10.1. The highest BCUT2D eigenvalue weighted by Crippen LogP contribution is 2.29. The van der Waals surface area contributed by atoms with E-state index in [9.17, 15) is 0 Å². The summed E-state index contributed by atoms with van der Waals surface area (Å²) in [6, 6.07) is 8.14. The molecular weight excluding hydrogens is 268 g/mol. The molecule has 0 amide bonds. The van der Waals surface area contributed by atoms with Gasteiger partial charge in [-0.2, -0.15) is 0 Å². The molecular formula is C16H24N2OS. The third kappa shape index (κ3) is 4.27. The fourth-order valence-electron chi connectivity index (χ4n) is 2.75. The third-order valence-electron chi connectivity index (χ3n) is 3.73. The molecule has 1 unspecified atom stereocenters. The normalized spacial score (nSPS) is 21.3. The fourth-order valence-corrected chi connectivity index (χ4v) is 2.88. The molecule has 0 saturated carbocycles. The van der Waals surface area contributed by atoms with E-state index in [1.807, 2.05) is 12.1 Å². The van der Waals surface area contributed by atoms with Crippen molar-refractivity contribution >= 4 is 17.2 Å². The van der Waals surface area contributed by atoms with Gasteiger partial charge in [0, 0.05) is 18.7 Å². The fraction of sp³-hybridized carbons (Fsp3) is 0.562. The summed E-state index contributed by atoms with van der Waals surface area (Å²) in [5.41, 5.74) is 7.88. The second kappa shape index (κ2) is 6.20. The van der Waals surface area contributed by atoms with Crippen molar-refractivity contribution in [1.29, 1.82) is 0 Å². The van der Waals surface area contributed by atoms with E-state index in [0.29, 0.717) is 11.1 Å². The topological polar surface area (TPSA) is 38.5 Å². The van der Waals surface area contributed by atoms with E-state index in [-0.39, 0.29) is 5.60 Å². The first-order valence-corrected chi connectivity index (χ1v) is 7.52. The molecule has 1 saturated heterocycles. The number of benzene rings is 1. The molecule has 1 aromatic rings. The largest absolute Gasteiger partial charge is 0.389 e. The molecule has 110 valence electrons. The number of ether oxygens (including phenoxy) is 1. The number of thiocarbonyl (C=S) groups is 1. The lowest BCUT2D eigenvalue weighted by Crippen LogP contribution is -2.30. The summed E-state index contributed by atoms with van der Waals surface area (Å²) < 4.78 is 6.04. The van der Waals surface area contributed by atoms with Gasteiger partial charge in [0.1, 0.15) is 4.99 Å². The van der Waals surface area contributed by atoms with Crippen LogP contribution >= 0.6 is 12.2 Å². The zero-order valence-electron chi connectivity index (χ0n) is 12.6. The van der Waals surface area contributed by atoms with E-state index < -0.39 is 0 Å². The Hall–Kier alpha value is -0.970. The summed E-state index contributed by atoms with van der Waals surface area (Å²) in [6.07, 6.45) is 2.63. The van der Waals surface area contributed by atoms with Crippen molar-refractivity contribution in [3.8, 4) is 0 Å². The van der Waals surface area contributed by atoms with Gasteiger partial charge in [-0.1, -0.05) is 30.4 Å². The third-order valence-corrected chi connectivity index (χ3v) is 3.97. The van der Waals surface area contributed by atoms with Crippen molar-refractivity contribution < 1.29 is 4.74 Å². The summed E-state index contributed by atoms with van der Waals surface area (Å²) in [5, 5.41) is 0. The van der Waals surface area contributed by atoms with Crippen molar-refractivity contribution in [3.63, 3.8) is 0 Å². The Kier molecular flexibility index (Phi) is 4.78. The van der Waals surface area contributed by atoms with Gasteiger partial charge in [0.2, 0.25) is 0 Å². The van der Waals surface area contributed by atoms with E-state index >= 15 is 0 Å². The number of nitrogens with zero attached hydrogens (tertiary/aromatic N) is 1. The minimum absolute atomic E-state index is 0.0388. The Morgan fingerprint density at radius 3 is 2.85 bits per heavy atom. The second-order valence-electron chi connectivity index (χ2n) is 6.30. The van der Waals surface area contributed by atoms with E-state index in [2.05, 4.69) is 37.9 Å². The average molecular weight is 292 g/mol. The molecule has 2 rings (SSSR count). The van der Waals surface area contributed by atoms with Crippen LogP contribution in [-0.2, 0) is 11.3 Å². The number of likely N-dealkylation sites (N-methyl/N-ethyl adjacent to an activating group) is 1. The first-order chi connectivity index (χ1) is 9.35. The minimum Gasteiger partial charge on any atom is -0.389 e. The van der Waals surface area contributed by atoms with Gasteiger partial charge in [0.25, 0.3) is 0 Å². The van der Waals surface area contributed by atoms with Crippen molar-refractivity contribution in [1.82, 2.24) is 4.90 Å². The number of nitrogens with two attached hydrogens (primary N) is 1. The van der Waals surface area contributed by atoms with Crippen molar-refractivity contribution in [3.05, 3.63) is 35.4 Å². The van der Waals surface area contributed by atoms with Gasteiger partial charge < -0.3 is 10.5 Å². The zero-order chi connectivity index (χ0) is 14.8. The van der Waals surface area contributed by atoms with E-state index in [1.54, 1.807) is 0 Å². The average Bonchev–Trinajstić information content (AvgIpc) is 2.68. The Labute approximate surface area is 127 Å². The highest BCUT2D eigenvalue weighted by Gasteiger charge is 2.31. The number of hydrogen-bond donors (Lipinski definition) is 1. The van der Waals surface area contributed by atoms with E-state index in [1.165, 1.54) is 5.56 Å². The molecule has 20 heavy (non-hydrogen) atoms. The maximum Gasteiger partial charge on any atom is 0.103 e.